The molecule has 1 saturated heterocycles. The molecule has 2 heterocycles. The van der Waals surface area contributed by atoms with E-state index in [1.165, 1.54) is 18.2 Å². The number of carbonyl (C=O) groups is 2. The van der Waals surface area contributed by atoms with Gasteiger partial charge in [-0.15, -0.1) is 6.42 Å². The van der Waals surface area contributed by atoms with E-state index >= 15 is 0 Å². The average molecular weight is 418 g/mol. The minimum Gasteiger partial charge on any atom is -0.331 e. The molecule has 0 spiro atoms. The van der Waals surface area contributed by atoms with Crippen molar-refractivity contribution < 1.29 is 18.0 Å². The van der Waals surface area contributed by atoms with Gasteiger partial charge in [-0.3, -0.25) is 14.5 Å². The van der Waals surface area contributed by atoms with Crippen molar-refractivity contribution >= 4 is 21.8 Å². The van der Waals surface area contributed by atoms with E-state index in [4.69, 9.17) is 6.42 Å². The smallest absolute Gasteiger partial charge is 0.269 e. The van der Waals surface area contributed by atoms with Crippen LogP contribution < -0.4 is 0 Å². The summed E-state index contributed by atoms with van der Waals surface area (Å²) in [4.78, 5) is 29.6. The number of terminal acetylenes is 1. The van der Waals surface area contributed by atoms with Crippen LogP contribution >= 0.6 is 0 Å². The van der Waals surface area contributed by atoms with E-state index in [1.54, 1.807) is 4.90 Å². The Labute approximate surface area is 172 Å². The first-order chi connectivity index (χ1) is 13.3. The van der Waals surface area contributed by atoms with Gasteiger partial charge in [-0.2, -0.15) is 0 Å². The minimum atomic E-state index is -4.04. The highest BCUT2D eigenvalue weighted by Crippen LogP contribution is 2.32. The summed E-state index contributed by atoms with van der Waals surface area (Å²) in [6, 6.07) is 4.21. The van der Waals surface area contributed by atoms with Gasteiger partial charge in [0.05, 0.1) is 17.6 Å². The maximum absolute atomic E-state index is 13.3. The topological polar surface area (TPSA) is 78.0 Å². The van der Waals surface area contributed by atoms with Crippen LogP contribution in [0.5, 0.6) is 0 Å². The van der Waals surface area contributed by atoms with Crippen molar-refractivity contribution in [1.82, 2.24) is 14.1 Å². The van der Waals surface area contributed by atoms with Gasteiger partial charge in [0, 0.05) is 30.7 Å². The molecule has 2 aliphatic heterocycles. The van der Waals surface area contributed by atoms with E-state index in [1.807, 2.05) is 13.8 Å². The number of piperazine rings is 1. The SMILES string of the molecule is C#CCN1C(=O)c2ccc(C(=O)N3CCN(C(C)(C)C)CC3(C)C)cc2S1(=O)=O. The Kier molecular flexibility index (Phi) is 5.04. The minimum absolute atomic E-state index is 0.00506. The first-order valence-corrected chi connectivity index (χ1v) is 11.0. The first kappa shape index (κ1) is 21.3. The van der Waals surface area contributed by atoms with Crippen molar-refractivity contribution in [1.29, 1.82) is 0 Å². The number of benzene rings is 1. The molecule has 2 amide bonds. The number of hydrogen-bond acceptors (Lipinski definition) is 5. The molecule has 8 heteroatoms. The maximum Gasteiger partial charge on any atom is 0.269 e. The molecular weight excluding hydrogens is 390 g/mol. The lowest BCUT2D eigenvalue weighted by Crippen LogP contribution is -2.64. The van der Waals surface area contributed by atoms with E-state index < -0.39 is 21.5 Å². The zero-order valence-corrected chi connectivity index (χ0v) is 18.3. The Bertz CT molecular complexity index is 1020. The van der Waals surface area contributed by atoms with Crippen LogP contribution in [0.1, 0.15) is 55.3 Å². The standard InChI is InChI=1S/C21H27N3O4S/c1-7-10-24-19(26)16-9-8-15(13-17(16)29(24,27)28)18(25)23-12-11-22(20(2,3)4)14-21(23,5)6/h1,8-9,13H,10-12,14H2,2-6H3. The van der Waals surface area contributed by atoms with E-state index in [2.05, 4.69) is 31.6 Å². The lowest BCUT2D eigenvalue weighted by atomic mass is 9.93. The molecule has 0 N–H and O–H groups in total. The third kappa shape index (κ3) is 3.53. The summed E-state index contributed by atoms with van der Waals surface area (Å²) in [5.41, 5.74) is -0.130. The number of sulfonamides is 1. The van der Waals surface area contributed by atoms with Gasteiger partial charge in [0.1, 0.15) is 4.90 Å². The molecule has 1 aromatic carbocycles. The molecule has 0 saturated carbocycles. The number of hydrogen-bond donors (Lipinski definition) is 0. The molecule has 0 unspecified atom stereocenters. The Morgan fingerprint density at radius 3 is 2.45 bits per heavy atom. The fraction of sp³-hybridized carbons (Fsp3) is 0.524. The summed E-state index contributed by atoms with van der Waals surface area (Å²) >= 11 is 0. The predicted octanol–water partition coefficient (Wildman–Crippen LogP) is 1.80. The quantitative estimate of drug-likeness (QED) is 0.686. The summed E-state index contributed by atoms with van der Waals surface area (Å²) in [7, 11) is -4.04. The monoisotopic (exact) mass is 417 g/mol. The van der Waals surface area contributed by atoms with Gasteiger partial charge in [0.25, 0.3) is 21.8 Å². The van der Waals surface area contributed by atoms with Crippen molar-refractivity contribution in [3.8, 4) is 12.3 Å². The summed E-state index contributed by atoms with van der Waals surface area (Å²) in [6.45, 7) is 12.1. The molecule has 156 valence electrons. The van der Waals surface area contributed by atoms with Crippen LogP contribution in [0.2, 0.25) is 0 Å². The summed E-state index contributed by atoms with van der Waals surface area (Å²) in [5.74, 6) is 1.29. The van der Waals surface area contributed by atoms with Crippen LogP contribution in [0.3, 0.4) is 0 Å². The van der Waals surface area contributed by atoms with E-state index in [0.29, 0.717) is 17.4 Å². The van der Waals surface area contributed by atoms with E-state index in [0.717, 1.165) is 6.54 Å². The second-order valence-electron chi connectivity index (χ2n) is 9.09. The average Bonchev–Trinajstić information content (AvgIpc) is 2.80. The Morgan fingerprint density at radius 2 is 1.90 bits per heavy atom. The third-order valence-corrected chi connectivity index (χ3v) is 7.35. The normalized spacial score (nSPS) is 21.0. The van der Waals surface area contributed by atoms with Crippen molar-refractivity contribution in [2.45, 2.75) is 50.6 Å². The Morgan fingerprint density at radius 1 is 1.24 bits per heavy atom. The zero-order chi connectivity index (χ0) is 21.8. The highest BCUT2D eigenvalue weighted by Gasteiger charge is 2.43. The van der Waals surface area contributed by atoms with Crippen molar-refractivity contribution in [3.63, 3.8) is 0 Å². The number of amides is 2. The molecule has 0 radical (unpaired) electrons. The second-order valence-corrected chi connectivity index (χ2v) is 10.9. The Hall–Kier alpha value is -2.37. The molecule has 0 bridgehead atoms. The molecule has 7 nitrogen and oxygen atoms in total. The molecule has 0 aliphatic carbocycles. The van der Waals surface area contributed by atoms with Gasteiger partial charge in [-0.25, -0.2) is 12.7 Å². The van der Waals surface area contributed by atoms with Crippen LogP contribution in [0, 0.1) is 12.3 Å². The molecule has 2 aliphatic rings. The molecule has 3 rings (SSSR count). The largest absolute Gasteiger partial charge is 0.331 e. The molecule has 29 heavy (non-hydrogen) atoms. The number of carbonyl (C=O) groups excluding carboxylic acids is 2. The van der Waals surface area contributed by atoms with Crippen LogP contribution in [0.4, 0.5) is 0 Å². The first-order valence-electron chi connectivity index (χ1n) is 9.52. The fourth-order valence-corrected chi connectivity index (χ4v) is 5.41. The van der Waals surface area contributed by atoms with E-state index in [9.17, 15) is 18.0 Å². The molecular formula is C21H27N3O4S. The molecule has 1 fully saturated rings. The summed E-state index contributed by atoms with van der Waals surface area (Å²) in [5, 5.41) is 0. The summed E-state index contributed by atoms with van der Waals surface area (Å²) in [6.07, 6.45) is 5.20. The van der Waals surface area contributed by atoms with Crippen molar-refractivity contribution in [2.75, 3.05) is 26.2 Å². The molecule has 1 aromatic rings. The Balaban J connectivity index is 1.93. The molecule has 0 atom stereocenters. The maximum atomic E-state index is 13.3. The van der Waals surface area contributed by atoms with Gasteiger partial charge in [-0.1, -0.05) is 5.92 Å². The number of fused-ring (bicyclic) bond motifs is 1. The zero-order valence-electron chi connectivity index (χ0n) is 17.5. The van der Waals surface area contributed by atoms with Crippen molar-refractivity contribution in [2.24, 2.45) is 0 Å². The lowest BCUT2D eigenvalue weighted by molar-refractivity contribution is -0.0110. The van der Waals surface area contributed by atoms with Crippen LogP contribution in [0.25, 0.3) is 0 Å². The van der Waals surface area contributed by atoms with Crippen LogP contribution in [-0.2, 0) is 10.0 Å². The number of rotatable bonds is 2. The number of nitrogens with zero attached hydrogens (tertiary/aromatic N) is 3. The molecule has 0 aromatic heterocycles. The van der Waals surface area contributed by atoms with Crippen molar-refractivity contribution in [3.05, 3.63) is 29.3 Å². The second kappa shape index (κ2) is 6.85. The van der Waals surface area contributed by atoms with Gasteiger partial charge in [-0.05, 0) is 52.8 Å². The predicted molar refractivity (Wildman–Crippen MR) is 110 cm³/mol. The van der Waals surface area contributed by atoms with Crippen LogP contribution in [0.15, 0.2) is 23.1 Å². The summed E-state index contributed by atoms with van der Waals surface area (Å²) < 4.78 is 26.1. The highest BCUT2D eigenvalue weighted by atomic mass is 32.2. The van der Waals surface area contributed by atoms with Gasteiger partial charge >= 0.3 is 0 Å². The van der Waals surface area contributed by atoms with Gasteiger partial charge in [0.2, 0.25) is 0 Å². The van der Waals surface area contributed by atoms with Crippen LogP contribution in [-0.4, -0.2) is 71.6 Å². The fourth-order valence-electron chi connectivity index (χ4n) is 3.91. The van der Waals surface area contributed by atoms with Gasteiger partial charge in [0.15, 0.2) is 0 Å². The highest BCUT2D eigenvalue weighted by molar-refractivity contribution is 7.90. The van der Waals surface area contributed by atoms with E-state index in [-0.39, 0.29) is 34.0 Å². The third-order valence-electron chi connectivity index (χ3n) is 5.58. The lowest BCUT2D eigenvalue weighted by Gasteiger charge is -2.51. The van der Waals surface area contributed by atoms with Gasteiger partial charge < -0.3 is 4.90 Å².